The average Bonchev–Trinajstić information content (AvgIpc) is 3.08. The molecular formula is C19H18ClN5O. The van der Waals surface area contributed by atoms with Crippen LogP contribution in [-0.2, 0) is 4.74 Å². The van der Waals surface area contributed by atoms with Gasteiger partial charge in [-0.25, -0.2) is 9.38 Å². The molecule has 0 bridgehead atoms. The van der Waals surface area contributed by atoms with E-state index in [0.717, 1.165) is 27.7 Å². The zero-order valence-corrected chi connectivity index (χ0v) is 15.3. The van der Waals surface area contributed by atoms with Gasteiger partial charge < -0.3 is 10.1 Å². The topological polar surface area (TPSA) is 64.3 Å². The molecule has 26 heavy (non-hydrogen) atoms. The van der Waals surface area contributed by atoms with Crippen LogP contribution in [0.5, 0.6) is 0 Å². The lowest BCUT2D eigenvalue weighted by Crippen LogP contribution is -2.13. The molecule has 0 atom stereocenters. The predicted octanol–water partition coefficient (Wildman–Crippen LogP) is 3.96. The summed E-state index contributed by atoms with van der Waals surface area (Å²) in [4.78, 5) is 4.78. The van der Waals surface area contributed by atoms with Crippen molar-refractivity contribution in [1.82, 2.24) is 19.6 Å². The van der Waals surface area contributed by atoms with Gasteiger partial charge in [0.15, 0.2) is 11.5 Å². The van der Waals surface area contributed by atoms with Gasteiger partial charge in [0, 0.05) is 24.6 Å². The van der Waals surface area contributed by atoms with Crippen LogP contribution in [0, 0.1) is 6.92 Å². The first-order chi connectivity index (χ1) is 12.7. The minimum atomic E-state index is 0.568. The largest absolute Gasteiger partial charge is 0.383 e. The third kappa shape index (κ3) is 2.87. The van der Waals surface area contributed by atoms with Crippen molar-refractivity contribution in [3.8, 4) is 11.4 Å². The number of hydrogen-bond donors (Lipinski definition) is 1. The summed E-state index contributed by atoms with van der Waals surface area (Å²) in [5.74, 6) is 1.31. The highest BCUT2D eigenvalue weighted by atomic mass is 35.5. The second kappa shape index (κ2) is 6.90. The summed E-state index contributed by atoms with van der Waals surface area (Å²) < 4.78 is 7.06. The molecule has 0 radical (unpaired) electrons. The quantitative estimate of drug-likeness (QED) is 0.541. The molecule has 0 aliphatic carbocycles. The van der Waals surface area contributed by atoms with Gasteiger partial charge in [-0.1, -0.05) is 35.4 Å². The van der Waals surface area contributed by atoms with Crippen molar-refractivity contribution in [2.75, 3.05) is 25.6 Å². The first-order valence-electron chi connectivity index (χ1n) is 8.32. The second-order valence-corrected chi connectivity index (χ2v) is 6.45. The number of aromatic nitrogens is 4. The molecule has 2 aromatic heterocycles. The van der Waals surface area contributed by atoms with E-state index in [1.54, 1.807) is 7.11 Å². The summed E-state index contributed by atoms with van der Waals surface area (Å²) in [6.45, 7) is 3.24. The summed E-state index contributed by atoms with van der Waals surface area (Å²) in [5.41, 5.74) is 3.56. The lowest BCUT2D eigenvalue weighted by Gasteiger charge is -2.12. The molecule has 2 heterocycles. The molecule has 0 aliphatic heterocycles. The molecule has 1 N–H and O–H groups in total. The Balaban J connectivity index is 2.00. The van der Waals surface area contributed by atoms with Crippen LogP contribution in [0.15, 0.2) is 42.5 Å². The molecule has 0 amide bonds. The van der Waals surface area contributed by atoms with Crippen molar-refractivity contribution < 1.29 is 4.74 Å². The van der Waals surface area contributed by atoms with Crippen molar-refractivity contribution >= 4 is 34.1 Å². The zero-order chi connectivity index (χ0) is 18.1. The van der Waals surface area contributed by atoms with Crippen LogP contribution < -0.4 is 5.32 Å². The van der Waals surface area contributed by atoms with Crippen molar-refractivity contribution in [2.24, 2.45) is 0 Å². The van der Waals surface area contributed by atoms with E-state index in [-0.39, 0.29) is 0 Å². The molecule has 0 saturated heterocycles. The first kappa shape index (κ1) is 16.8. The molecule has 0 aliphatic rings. The summed E-state index contributed by atoms with van der Waals surface area (Å²) >= 11 is 6.40. The fraction of sp³-hybridized carbons (Fsp3) is 0.211. The van der Waals surface area contributed by atoms with Crippen LogP contribution in [0.3, 0.4) is 0 Å². The SMILES string of the molecule is COCCNc1nc2ccc(C)cc2c2nnc(-c3ccccc3Cl)n12. The van der Waals surface area contributed by atoms with E-state index < -0.39 is 0 Å². The predicted molar refractivity (Wildman–Crippen MR) is 104 cm³/mol. The van der Waals surface area contributed by atoms with Gasteiger partial charge in [0.2, 0.25) is 5.95 Å². The third-order valence-corrected chi connectivity index (χ3v) is 4.53. The molecule has 6 nitrogen and oxygen atoms in total. The summed E-state index contributed by atoms with van der Waals surface area (Å²) in [7, 11) is 1.67. The van der Waals surface area contributed by atoms with Crippen LogP contribution in [0.25, 0.3) is 27.9 Å². The highest BCUT2D eigenvalue weighted by Crippen LogP contribution is 2.30. The van der Waals surface area contributed by atoms with Gasteiger partial charge in [0.25, 0.3) is 0 Å². The Kier molecular flexibility index (Phi) is 4.44. The summed E-state index contributed by atoms with van der Waals surface area (Å²) in [6, 6.07) is 13.7. The van der Waals surface area contributed by atoms with Crippen molar-refractivity contribution in [2.45, 2.75) is 6.92 Å². The number of aryl methyl sites for hydroxylation is 1. The van der Waals surface area contributed by atoms with Gasteiger partial charge in [0.1, 0.15) is 0 Å². The molecule has 4 rings (SSSR count). The number of benzene rings is 2. The van der Waals surface area contributed by atoms with Crippen molar-refractivity contribution in [3.05, 3.63) is 53.1 Å². The standard InChI is InChI=1S/C19H18ClN5O/c1-12-7-8-16-14(11-12)18-24-23-17(13-5-3-4-6-15(13)20)25(18)19(22-16)21-9-10-26-2/h3-8,11H,9-10H2,1-2H3,(H,21,22). The molecule has 0 saturated carbocycles. The smallest absolute Gasteiger partial charge is 0.211 e. The first-order valence-corrected chi connectivity index (χ1v) is 8.70. The molecule has 0 spiro atoms. The monoisotopic (exact) mass is 367 g/mol. The molecule has 0 unspecified atom stereocenters. The minimum absolute atomic E-state index is 0.568. The zero-order valence-electron chi connectivity index (χ0n) is 14.5. The second-order valence-electron chi connectivity index (χ2n) is 6.04. The van der Waals surface area contributed by atoms with E-state index in [4.69, 9.17) is 21.3 Å². The van der Waals surface area contributed by atoms with Crippen molar-refractivity contribution in [3.63, 3.8) is 0 Å². The van der Waals surface area contributed by atoms with E-state index in [1.807, 2.05) is 47.7 Å². The number of halogens is 1. The number of hydrogen-bond acceptors (Lipinski definition) is 5. The molecular weight excluding hydrogens is 350 g/mol. The van der Waals surface area contributed by atoms with E-state index in [1.165, 1.54) is 0 Å². The summed E-state index contributed by atoms with van der Waals surface area (Å²) in [6.07, 6.45) is 0. The summed E-state index contributed by atoms with van der Waals surface area (Å²) in [5, 5.41) is 13.7. The highest BCUT2D eigenvalue weighted by Gasteiger charge is 2.17. The maximum Gasteiger partial charge on any atom is 0.211 e. The third-order valence-electron chi connectivity index (χ3n) is 4.20. The average molecular weight is 368 g/mol. The van der Waals surface area contributed by atoms with Crippen LogP contribution in [0.2, 0.25) is 5.02 Å². The van der Waals surface area contributed by atoms with Gasteiger partial charge in [-0.15, -0.1) is 10.2 Å². The van der Waals surface area contributed by atoms with E-state index >= 15 is 0 Å². The van der Waals surface area contributed by atoms with Gasteiger partial charge in [-0.05, 0) is 31.2 Å². The Labute approximate surface area is 155 Å². The van der Waals surface area contributed by atoms with E-state index in [9.17, 15) is 0 Å². The van der Waals surface area contributed by atoms with Crippen LogP contribution >= 0.6 is 11.6 Å². The Morgan fingerprint density at radius 3 is 2.81 bits per heavy atom. The molecule has 0 fully saturated rings. The molecule has 4 aromatic rings. The number of methoxy groups -OCH3 is 1. The van der Waals surface area contributed by atoms with Crippen molar-refractivity contribution in [1.29, 1.82) is 0 Å². The fourth-order valence-electron chi connectivity index (χ4n) is 2.95. The van der Waals surface area contributed by atoms with Crippen LogP contribution in [0.1, 0.15) is 5.56 Å². The molecule has 132 valence electrons. The number of fused-ring (bicyclic) bond motifs is 3. The lowest BCUT2D eigenvalue weighted by atomic mass is 10.1. The number of rotatable bonds is 5. The number of ether oxygens (including phenoxy) is 1. The van der Waals surface area contributed by atoms with E-state index in [2.05, 4.69) is 21.6 Å². The maximum atomic E-state index is 6.40. The van der Waals surface area contributed by atoms with Crippen LogP contribution in [-0.4, -0.2) is 39.8 Å². The Bertz CT molecular complexity index is 1090. The number of anilines is 1. The molecule has 2 aromatic carbocycles. The van der Waals surface area contributed by atoms with Gasteiger partial charge in [-0.3, -0.25) is 0 Å². The Morgan fingerprint density at radius 1 is 1.15 bits per heavy atom. The Hall–Kier alpha value is -2.70. The normalized spacial score (nSPS) is 11.3. The van der Waals surface area contributed by atoms with E-state index in [0.29, 0.717) is 29.9 Å². The number of nitrogens with zero attached hydrogens (tertiary/aromatic N) is 4. The van der Waals surface area contributed by atoms with Crippen LogP contribution in [0.4, 0.5) is 5.95 Å². The lowest BCUT2D eigenvalue weighted by molar-refractivity contribution is 0.210. The molecule has 7 heteroatoms. The van der Waals surface area contributed by atoms with Gasteiger partial charge in [0.05, 0.1) is 17.1 Å². The number of nitrogens with one attached hydrogen (secondary N) is 1. The van der Waals surface area contributed by atoms with Gasteiger partial charge in [-0.2, -0.15) is 0 Å². The highest BCUT2D eigenvalue weighted by molar-refractivity contribution is 6.33. The Morgan fingerprint density at radius 2 is 2.00 bits per heavy atom. The minimum Gasteiger partial charge on any atom is -0.383 e. The fourth-order valence-corrected chi connectivity index (χ4v) is 3.17. The maximum absolute atomic E-state index is 6.40. The van der Waals surface area contributed by atoms with Gasteiger partial charge >= 0.3 is 0 Å².